The van der Waals surface area contributed by atoms with E-state index in [1.54, 1.807) is 0 Å². The summed E-state index contributed by atoms with van der Waals surface area (Å²) in [5.41, 5.74) is 0. The van der Waals surface area contributed by atoms with Gasteiger partial charge in [0.15, 0.2) is 6.29 Å². The van der Waals surface area contributed by atoms with Gasteiger partial charge in [-0.1, -0.05) is 231 Å². The normalized spacial score (nSPS) is 20.1. The van der Waals surface area contributed by atoms with Gasteiger partial charge in [-0.3, -0.25) is 9.35 Å². The third-order valence-electron chi connectivity index (χ3n) is 13.0. The number of amides is 1. The molecule has 0 aromatic carbocycles. The number of hydrogen-bond donors (Lipinski definition) is 6. The van der Waals surface area contributed by atoms with Gasteiger partial charge in [-0.2, -0.15) is 8.42 Å². The number of unbranched alkanes of at least 4 members (excludes halogenated alkanes) is 32. The fourth-order valence-corrected chi connectivity index (χ4v) is 9.31. The van der Waals surface area contributed by atoms with Crippen molar-refractivity contribution in [1.82, 2.24) is 5.32 Å². The number of nitrogens with one attached hydrogen (secondary N) is 1. The molecule has 7 atom stereocenters. The van der Waals surface area contributed by atoms with Crippen molar-refractivity contribution < 1.29 is 51.8 Å². The van der Waals surface area contributed by atoms with Crippen molar-refractivity contribution in [2.75, 3.05) is 13.2 Å². The Kier molecular flexibility index (Phi) is 41.3. The zero-order valence-electron chi connectivity index (χ0n) is 42.0. The van der Waals surface area contributed by atoms with E-state index in [-0.39, 0.29) is 18.9 Å². The van der Waals surface area contributed by atoms with Gasteiger partial charge in [0.05, 0.1) is 25.4 Å². The maximum absolute atomic E-state index is 13.1. The van der Waals surface area contributed by atoms with Crippen molar-refractivity contribution in [2.45, 2.75) is 294 Å². The highest BCUT2D eigenvalue weighted by Gasteiger charge is 2.48. The number of allylic oxidation sites excluding steroid dienone is 4. The van der Waals surface area contributed by atoms with Crippen molar-refractivity contribution in [3.8, 4) is 0 Å². The molecule has 390 valence electrons. The number of rotatable bonds is 47. The van der Waals surface area contributed by atoms with E-state index in [4.69, 9.17) is 9.47 Å². The predicted octanol–water partition coefficient (Wildman–Crippen LogP) is 12.1. The monoisotopic (exact) mass is 960 g/mol. The van der Waals surface area contributed by atoms with E-state index < -0.39 is 59.9 Å². The highest BCUT2D eigenvalue weighted by Crippen LogP contribution is 2.26. The average molecular weight is 960 g/mol. The van der Waals surface area contributed by atoms with Crippen LogP contribution in [0.3, 0.4) is 0 Å². The van der Waals surface area contributed by atoms with Gasteiger partial charge in [-0.05, 0) is 38.5 Å². The first-order valence-corrected chi connectivity index (χ1v) is 28.6. The van der Waals surface area contributed by atoms with E-state index in [0.29, 0.717) is 12.8 Å². The Labute approximate surface area is 403 Å². The highest BCUT2D eigenvalue weighted by molar-refractivity contribution is 7.80. The molecule has 1 amide bonds. The Bertz CT molecular complexity index is 1270. The van der Waals surface area contributed by atoms with Gasteiger partial charge in [0.25, 0.3) is 0 Å². The number of ether oxygens (including phenoxy) is 2. The molecule has 0 radical (unpaired) electrons. The van der Waals surface area contributed by atoms with Gasteiger partial charge in [0.1, 0.15) is 24.4 Å². The van der Waals surface area contributed by atoms with Gasteiger partial charge in [-0.25, -0.2) is 4.18 Å². The first-order chi connectivity index (χ1) is 32.0. The van der Waals surface area contributed by atoms with Crippen molar-refractivity contribution in [1.29, 1.82) is 0 Å². The molecule has 0 aromatic heterocycles. The minimum atomic E-state index is -5.08. The van der Waals surface area contributed by atoms with Crippen LogP contribution in [0, 0.1) is 0 Å². The molecular formula is C53H101NO11S. The zero-order valence-corrected chi connectivity index (χ0v) is 42.8. The van der Waals surface area contributed by atoms with Crippen LogP contribution in [-0.4, -0.2) is 95.4 Å². The fourth-order valence-electron chi connectivity index (χ4n) is 8.80. The van der Waals surface area contributed by atoms with Crippen LogP contribution in [0.25, 0.3) is 0 Å². The van der Waals surface area contributed by atoms with E-state index in [1.807, 2.05) is 0 Å². The molecule has 0 aliphatic carbocycles. The topological polar surface area (TPSA) is 192 Å². The van der Waals surface area contributed by atoms with Crippen LogP contribution in [-0.2, 0) is 28.9 Å². The molecule has 1 fully saturated rings. The van der Waals surface area contributed by atoms with Crippen molar-refractivity contribution >= 4 is 16.3 Å². The van der Waals surface area contributed by atoms with Crippen LogP contribution in [0.15, 0.2) is 24.3 Å². The summed E-state index contributed by atoms with van der Waals surface area (Å²) in [6.45, 7) is 3.44. The van der Waals surface area contributed by atoms with Gasteiger partial charge >= 0.3 is 10.4 Å². The Balaban J connectivity index is 2.37. The molecule has 1 saturated heterocycles. The second-order valence-corrected chi connectivity index (χ2v) is 20.3. The minimum absolute atomic E-state index is 0.239. The Hall–Kier alpha value is -1.42. The van der Waals surface area contributed by atoms with Crippen LogP contribution in [0.5, 0.6) is 0 Å². The molecule has 6 N–H and O–H groups in total. The number of aliphatic hydroxyl groups excluding tert-OH is 4. The van der Waals surface area contributed by atoms with Gasteiger partial charge < -0.3 is 35.2 Å². The molecule has 1 rings (SSSR count). The Morgan fingerprint density at radius 3 is 1.44 bits per heavy atom. The van der Waals surface area contributed by atoms with E-state index in [1.165, 1.54) is 148 Å². The summed E-state index contributed by atoms with van der Waals surface area (Å²) in [7, 11) is -5.08. The van der Waals surface area contributed by atoms with Crippen LogP contribution < -0.4 is 5.32 Å². The molecule has 0 spiro atoms. The molecule has 1 heterocycles. The summed E-state index contributed by atoms with van der Waals surface area (Å²) in [5, 5.41) is 45.0. The highest BCUT2D eigenvalue weighted by atomic mass is 32.3. The lowest BCUT2D eigenvalue weighted by atomic mass is 9.99. The summed E-state index contributed by atoms with van der Waals surface area (Å²) < 4.78 is 47.8. The van der Waals surface area contributed by atoms with Crippen LogP contribution in [0.2, 0.25) is 0 Å². The van der Waals surface area contributed by atoms with Crippen molar-refractivity contribution in [3.05, 3.63) is 24.3 Å². The van der Waals surface area contributed by atoms with Gasteiger partial charge in [0, 0.05) is 6.42 Å². The first-order valence-electron chi connectivity index (χ1n) is 27.2. The van der Waals surface area contributed by atoms with Crippen molar-refractivity contribution in [2.24, 2.45) is 0 Å². The second kappa shape index (κ2) is 43.6. The summed E-state index contributed by atoms with van der Waals surface area (Å²) in [4.78, 5) is 13.1. The quantitative estimate of drug-likeness (QED) is 0.0193. The van der Waals surface area contributed by atoms with Crippen LogP contribution in [0.1, 0.15) is 251 Å². The molecule has 13 heteroatoms. The summed E-state index contributed by atoms with van der Waals surface area (Å²) in [5.74, 6) is -0.239. The second-order valence-electron chi connectivity index (χ2n) is 19.2. The maximum atomic E-state index is 13.1. The lowest BCUT2D eigenvalue weighted by molar-refractivity contribution is -0.298. The number of carbonyl (C=O) groups is 1. The van der Waals surface area contributed by atoms with Crippen molar-refractivity contribution in [3.63, 3.8) is 0 Å². The van der Waals surface area contributed by atoms with E-state index >= 15 is 0 Å². The SMILES string of the molecule is CCCCC/C=C\C=C/CCCCCCCCC(=O)NC(COC1OC(CO)C(O)C(OS(=O)(=O)O)C1O)C(O)CCCCCCCCCCCCCCCCCCCCCCCCCC. The molecule has 0 bridgehead atoms. The van der Waals surface area contributed by atoms with E-state index in [2.05, 4.69) is 47.7 Å². The summed E-state index contributed by atoms with van der Waals surface area (Å²) >= 11 is 0. The third-order valence-corrected chi connectivity index (χ3v) is 13.5. The largest absolute Gasteiger partial charge is 0.397 e. The summed E-state index contributed by atoms with van der Waals surface area (Å²) in [6, 6.07) is -0.863. The van der Waals surface area contributed by atoms with Gasteiger partial charge in [-0.15, -0.1) is 0 Å². The third kappa shape index (κ3) is 35.7. The number of carbonyl (C=O) groups excluding carboxylic acids is 1. The number of hydrogen-bond acceptors (Lipinski definition) is 10. The first kappa shape index (κ1) is 62.6. The molecule has 0 aromatic rings. The average Bonchev–Trinajstić information content (AvgIpc) is 3.29. The minimum Gasteiger partial charge on any atom is -0.394 e. The Morgan fingerprint density at radius 1 is 0.606 bits per heavy atom. The van der Waals surface area contributed by atoms with Crippen LogP contribution >= 0.6 is 0 Å². The molecule has 7 unspecified atom stereocenters. The molecular weight excluding hydrogens is 859 g/mol. The van der Waals surface area contributed by atoms with E-state index in [9.17, 15) is 38.2 Å². The fraction of sp³-hybridized carbons (Fsp3) is 0.906. The maximum Gasteiger partial charge on any atom is 0.397 e. The number of aliphatic hydroxyl groups is 4. The Morgan fingerprint density at radius 2 is 1.00 bits per heavy atom. The lowest BCUT2D eigenvalue weighted by Gasteiger charge is -2.41. The van der Waals surface area contributed by atoms with Gasteiger partial charge in [0.2, 0.25) is 5.91 Å². The van der Waals surface area contributed by atoms with E-state index in [0.717, 1.165) is 70.6 Å². The predicted molar refractivity (Wildman–Crippen MR) is 269 cm³/mol. The summed E-state index contributed by atoms with van der Waals surface area (Å²) in [6.07, 6.45) is 43.2. The lowest BCUT2D eigenvalue weighted by Crippen LogP contribution is -2.61. The standard InChI is InChI=1S/C53H101NO11S/c1-3-5-7-9-11-13-15-17-19-20-21-22-23-24-25-26-27-29-30-32-34-36-38-40-42-47(56)46(45-63-53-51(59)52(65-66(60,61)62)50(58)48(44-55)64-53)54-49(57)43-41-39-37-35-33-31-28-18-16-14-12-10-8-6-4-2/h12,14,16,18,46-48,50-53,55-56,58-59H,3-11,13,15,17,19-45H2,1-2H3,(H,54,57)(H,60,61,62)/b14-12-,18-16-. The van der Waals surface area contributed by atoms with Crippen LogP contribution in [0.4, 0.5) is 0 Å². The molecule has 12 nitrogen and oxygen atoms in total. The molecule has 1 aliphatic heterocycles. The molecule has 1 aliphatic rings. The smallest absolute Gasteiger partial charge is 0.394 e. The zero-order chi connectivity index (χ0) is 48.4. The molecule has 66 heavy (non-hydrogen) atoms. The molecule has 0 saturated carbocycles.